The molecule has 1 aromatic heterocycles. The molecule has 0 unspecified atom stereocenters. The van der Waals surface area contributed by atoms with Crippen molar-refractivity contribution in [1.29, 1.82) is 0 Å². The molecular formula is C19H25N5O4S. The van der Waals surface area contributed by atoms with Gasteiger partial charge in [0.15, 0.2) is 0 Å². The van der Waals surface area contributed by atoms with Gasteiger partial charge in [0, 0.05) is 18.4 Å². The first kappa shape index (κ1) is 20.8. The lowest BCUT2D eigenvalue weighted by molar-refractivity contribution is -0.130. The van der Waals surface area contributed by atoms with Crippen molar-refractivity contribution in [3.8, 4) is 0 Å². The van der Waals surface area contributed by atoms with Crippen molar-refractivity contribution in [2.45, 2.75) is 57.6 Å². The SMILES string of the molecule is CCCn1cc(S(=O)(=O)Nc2ccc(CN3C(=O)NC(C)(C)C3=O)cc2)c(C)n1. The van der Waals surface area contributed by atoms with E-state index < -0.39 is 21.6 Å². The van der Waals surface area contributed by atoms with Crippen molar-refractivity contribution in [3.05, 3.63) is 41.7 Å². The largest absolute Gasteiger partial charge is 0.325 e. The zero-order valence-corrected chi connectivity index (χ0v) is 17.7. The van der Waals surface area contributed by atoms with Crippen LogP contribution in [0.15, 0.2) is 35.4 Å². The van der Waals surface area contributed by atoms with Gasteiger partial charge in [-0.15, -0.1) is 0 Å². The summed E-state index contributed by atoms with van der Waals surface area (Å²) in [5, 5.41) is 6.86. The molecular weight excluding hydrogens is 394 g/mol. The van der Waals surface area contributed by atoms with E-state index in [1.54, 1.807) is 49.7 Å². The van der Waals surface area contributed by atoms with Crippen LogP contribution in [0.5, 0.6) is 0 Å². The lowest BCUT2D eigenvalue weighted by Crippen LogP contribution is -2.40. The highest BCUT2D eigenvalue weighted by Gasteiger charge is 2.44. The maximum absolute atomic E-state index is 12.7. The molecule has 1 aliphatic heterocycles. The summed E-state index contributed by atoms with van der Waals surface area (Å²) in [7, 11) is -3.77. The standard InChI is InChI=1S/C19H25N5O4S/c1-5-10-23-12-16(13(2)21-23)29(27,28)22-15-8-6-14(7-9-15)11-24-17(25)19(3,4)20-18(24)26/h6-9,12,22H,5,10-11H2,1-4H3,(H,20,26). The first-order valence-corrected chi connectivity index (χ1v) is 10.8. The van der Waals surface area contributed by atoms with Crippen LogP contribution in [0.3, 0.4) is 0 Å². The molecule has 2 aromatic rings. The zero-order chi connectivity index (χ0) is 21.4. The Morgan fingerprint density at radius 3 is 2.38 bits per heavy atom. The van der Waals surface area contributed by atoms with E-state index in [-0.39, 0.29) is 17.3 Å². The molecule has 156 valence electrons. The lowest BCUT2D eigenvalue weighted by atomic mass is 10.1. The Labute approximate surface area is 170 Å². The van der Waals surface area contributed by atoms with Crippen LogP contribution in [-0.4, -0.2) is 40.6 Å². The highest BCUT2D eigenvalue weighted by atomic mass is 32.2. The van der Waals surface area contributed by atoms with Gasteiger partial charge < -0.3 is 5.32 Å². The Bertz CT molecular complexity index is 1040. The molecule has 1 fully saturated rings. The number of imide groups is 1. The van der Waals surface area contributed by atoms with Gasteiger partial charge in [0.05, 0.1) is 12.2 Å². The average molecular weight is 420 g/mol. The lowest BCUT2D eigenvalue weighted by Gasteiger charge is -2.16. The van der Waals surface area contributed by atoms with Gasteiger partial charge in [-0.1, -0.05) is 19.1 Å². The van der Waals surface area contributed by atoms with Crippen molar-refractivity contribution in [2.24, 2.45) is 0 Å². The minimum absolute atomic E-state index is 0.115. The van der Waals surface area contributed by atoms with Gasteiger partial charge in [0.25, 0.3) is 15.9 Å². The average Bonchev–Trinajstić information content (AvgIpc) is 3.09. The van der Waals surface area contributed by atoms with Crippen LogP contribution in [0, 0.1) is 6.92 Å². The molecule has 0 saturated carbocycles. The van der Waals surface area contributed by atoms with Crippen molar-refractivity contribution in [2.75, 3.05) is 4.72 Å². The second kappa shape index (κ2) is 7.51. The quantitative estimate of drug-likeness (QED) is 0.668. The molecule has 0 bridgehead atoms. The zero-order valence-electron chi connectivity index (χ0n) is 16.9. The summed E-state index contributed by atoms with van der Waals surface area (Å²) in [4.78, 5) is 25.5. The fraction of sp³-hybridized carbons (Fsp3) is 0.421. The molecule has 1 saturated heterocycles. The third-order valence-corrected chi connectivity index (χ3v) is 6.12. The molecule has 3 amide bonds. The molecule has 9 nitrogen and oxygen atoms in total. The van der Waals surface area contributed by atoms with Crippen LogP contribution in [0.1, 0.15) is 38.4 Å². The number of urea groups is 1. The molecule has 1 aromatic carbocycles. The number of benzene rings is 1. The molecule has 2 N–H and O–H groups in total. The number of aryl methyl sites for hydroxylation is 2. The van der Waals surface area contributed by atoms with E-state index in [9.17, 15) is 18.0 Å². The van der Waals surface area contributed by atoms with E-state index >= 15 is 0 Å². The van der Waals surface area contributed by atoms with Crippen LogP contribution in [-0.2, 0) is 27.9 Å². The first-order chi connectivity index (χ1) is 13.5. The van der Waals surface area contributed by atoms with Crippen LogP contribution in [0.25, 0.3) is 0 Å². The Balaban J connectivity index is 1.72. The predicted molar refractivity (Wildman–Crippen MR) is 108 cm³/mol. The molecule has 0 aliphatic carbocycles. The summed E-state index contributed by atoms with van der Waals surface area (Å²) in [6, 6.07) is 6.11. The highest BCUT2D eigenvalue weighted by Crippen LogP contribution is 2.22. The summed E-state index contributed by atoms with van der Waals surface area (Å²) in [6.07, 6.45) is 2.37. The van der Waals surface area contributed by atoms with E-state index in [1.807, 2.05) is 6.92 Å². The number of aromatic nitrogens is 2. The van der Waals surface area contributed by atoms with E-state index in [0.29, 0.717) is 23.5 Å². The van der Waals surface area contributed by atoms with Gasteiger partial charge in [-0.2, -0.15) is 5.10 Å². The number of hydrogen-bond acceptors (Lipinski definition) is 5. The Kier molecular flexibility index (Phi) is 5.40. The van der Waals surface area contributed by atoms with Crippen LogP contribution in [0.2, 0.25) is 0 Å². The van der Waals surface area contributed by atoms with Crippen LogP contribution in [0.4, 0.5) is 10.5 Å². The first-order valence-electron chi connectivity index (χ1n) is 9.33. The van der Waals surface area contributed by atoms with Crippen molar-refractivity contribution in [3.63, 3.8) is 0 Å². The molecule has 0 radical (unpaired) electrons. The molecule has 2 heterocycles. The molecule has 3 rings (SSSR count). The Morgan fingerprint density at radius 2 is 1.83 bits per heavy atom. The minimum Gasteiger partial charge on any atom is -0.324 e. The predicted octanol–water partition coefficient (Wildman–Crippen LogP) is 2.23. The van der Waals surface area contributed by atoms with Crippen molar-refractivity contribution >= 4 is 27.6 Å². The van der Waals surface area contributed by atoms with Crippen LogP contribution < -0.4 is 10.0 Å². The number of anilines is 1. The molecule has 0 spiro atoms. The summed E-state index contributed by atoms with van der Waals surface area (Å²) in [5.41, 5.74) is 0.603. The number of nitrogens with one attached hydrogen (secondary N) is 2. The van der Waals surface area contributed by atoms with Crippen LogP contribution >= 0.6 is 0 Å². The van der Waals surface area contributed by atoms with Gasteiger partial charge in [0.1, 0.15) is 10.4 Å². The number of hydrogen-bond donors (Lipinski definition) is 2. The maximum Gasteiger partial charge on any atom is 0.325 e. The highest BCUT2D eigenvalue weighted by molar-refractivity contribution is 7.92. The normalized spacial score (nSPS) is 16.2. The van der Waals surface area contributed by atoms with E-state index in [2.05, 4.69) is 15.1 Å². The van der Waals surface area contributed by atoms with Gasteiger partial charge in [0.2, 0.25) is 0 Å². The van der Waals surface area contributed by atoms with Gasteiger partial charge in [-0.25, -0.2) is 13.2 Å². The van der Waals surface area contributed by atoms with Gasteiger partial charge >= 0.3 is 6.03 Å². The number of carbonyl (C=O) groups excluding carboxylic acids is 2. The summed E-state index contributed by atoms with van der Waals surface area (Å²) >= 11 is 0. The van der Waals surface area contributed by atoms with E-state index in [0.717, 1.165) is 11.3 Å². The number of rotatable bonds is 7. The fourth-order valence-corrected chi connectivity index (χ4v) is 4.39. The fourth-order valence-electron chi connectivity index (χ4n) is 3.14. The number of amides is 3. The second-order valence-corrected chi connectivity index (χ2v) is 9.24. The van der Waals surface area contributed by atoms with Gasteiger partial charge in [-0.3, -0.25) is 19.1 Å². The summed E-state index contributed by atoms with van der Waals surface area (Å²) in [6.45, 7) is 7.70. The molecule has 1 aliphatic rings. The van der Waals surface area contributed by atoms with Crippen molar-refractivity contribution < 1.29 is 18.0 Å². The number of sulfonamides is 1. The monoisotopic (exact) mass is 419 g/mol. The molecule has 10 heteroatoms. The Hall–Kier alpha value is -2.88. The topological polar surface area (TPSA) is 113 Å². The third-order valence-electron chi connectivity index (χ3n) is 4.63. The Morgan fingerprint density at radius 1 is 1.17 bits per heavy atom. The number of nitrogens with zero attached hydrogens (tertiary/aromatic N) is 3. The summed E-state index contributed by atoms with van der Waals surface area (Å²) < 4.78 is 29.5. The maximum atomic E-state index is 12.7. The smallest absolute Gasteiger partial charge is 0.324 e. The summed E-state index contributed by atoms with van der Waals surface area (Å²) in [5.74, 6) is -0.299. The third kappa shape index (κ3) is 4.26. The number of carbonyl (C=O) groups is 2. The molecule has 29 heavy (non-hydrogen) atoms. The van der Waals surface area contributed by atoms with Gasteiger partial charge in [-0.05, 0) is 44.9 Å². The second-order valence-electron chi connectivity index (χ2n) is 7.59. The minimum atomic E-state index is -3.77. The van der Waals surface area contributed by atoms with E-state index in [1.165, 1.54) is 6.20 Å². The molecule has 0 atom stereocenters. The van der Waals surface area contributed by atoms with E-state index in [4.69, 9.17) is 0 Å². The van der Waals surface area contributed by atoms with Crippen molar-refractivity contribution in [1.82, 2.24) is 20.0 Å².